The van der Waals surface area contributed by atoms with Crippen LogP contribution in [0.15, 0.2) is 18.2 Å². The number of hydrogen-bond acceptors (Lipinski definition) is 5. The number of rotatable bonds is 6. The third kappa shape index (κ3) is 4.81. The van der Waals surface area contributed by atoms with Crippen LogP contribution in [0.5, 0.6) is 0 Å². The van der Waals surface area contributed by atoms with Gasteiger partial charge in [-0.05, 0) is 31.0 Å². The molecule has 0 aliphatic carbocycles. The zero-order valence-electron chi connectivity index (χ0n) is 16.3. The Hall–Kier alpha value is -2.61. The summed E-state index contributed by atoms with van der Waals surface area (Å²) in [4.78, 5) is 41.7. The Labute approximate surface area is 165 Å². The lowest BCUT2D eigenvalue weighted by Gasteiger charge is -2.37. The molecule has 0 atom stereocenters. The van der Waals surface area contributed by atoms with Crippen molar-refractivity contribution in [3.8, 4) is 0 Å². The smallest absolute Gasteiger partial charge is 0.337 e. The fourth-order valence-corrected chi connectivity index (χ4v) is 3.71. The van der Waals surface area contributed by atoms with Gasteiger partial charge in [-0.1, -0.05) is 6.92 Å². The van der Waals surface area contributed by atoms with Gasteiger partial charge in [0.25, 0.3) is 0 Å². The number of carbonyl (C=O) groups excluding carboxylic acids is 2. The molecule has 28 heavy (non-hydrogen) atoms. The van der Waals surface area contributed by atoms with Crippen molar-refractivity contribution in [3.63, 3.8) is 0 Å². The normalized spacial score (nSPS) is 17.6. The minimum Gasteiger partial charge on any atom is -0.478 e. The maximum absolute atomic E-state index is 12.3. The first kappa shape index (κ1) is 20.1. The number of nitrogens with one attached hydrogen (secondary N) is 1. The van der Waals surface area contributed by atoms with E-state index < -0.39 is 5.97 Å². The Kier molecular flexibility index (Phi) is 6.51. The minimum absolute atomic E-state index is 0.152. The van der Waals surface area contributed by atoms with Gasteiger partial charge in [0.15, 0.2) is 0 Å². The van der Waals surface area contributed by atoms with Gasteiger partial charge in [-0.2, -0.15) is 0 Å². The zero-order chi connectivity index (χ0) is 20.1. The molecule has 1 aromatic carbocycles. The Morgan fingerprint density at radius 2 is 1.71 bits per heavy atom. The summed E-state index contributed by atoms with van der Waals surface area (Å²) in [7, 11) is 0. The third-order valence-corrected chi connectivity index (χ3v) is 5.36. The topological polar surface area (TPSA) is 93.2 Å². The molecule has 2 aliphatic rings. The van der Waals surface area contributed by atoms with Crippen molar-refractivity contribution in [2.75, 3.05) is 56.0 Å². The average molecular weight is 388 g/mol. The van der Waals surface area contributed by atoms with Gasteiger partial charge in [0, 0.05) is 51.4 Å². The van der Waals surface area contributed by atoms with E-state index in [1.165, 1.54) is 6.07 Å². The molecular weight excluding hydrogens is 360 g/mol. The van der Waals surface area contributed by atoms with Crippen LogP contribution >= 0.6 is 0 Å². The number of carboxylic acids is 1. The maximum Gasteiger partial charge on any atom is 0.337 e. The summed E-state index contributed by atoms with van der Waals surface area (Å²) >= 11 is 0. The molecule has 0 spiro atoms. The SMILES string of the molecule is CCC(=O)Nc1ccc(N2CCN(CC(=O)N3CCCC3)CC2)c(C(=O)O)c1. The lowest BCUT2D eigenvalue weighted by Crippen LogP contribution is -2.50. The number of carbonyl (C=O) groups is 3. The largest absolute Gasteiger partial charge is 0.478 e. The van der Waals surface area contributed by atoms with Crippen molar-refractivity contribution in [2.24, 2.45) is 0 Å². The highest BCUT2D eigenvalue weighted by molar-refractivity contribution is 5.98. The van der Waals surface area contributed by atoms with Crippen LogP contribution in [0, 0.1) is 0 Å². The Bertz CT molecular complexity index is 738. The van der Waals surface area contributed by atoms with Crippen LogP contribution in [0.1, 0.15) is 36.5 Å². The monoisotopic (exact) mass is 388 g/mol. The van der Waals surface area contributed by atoms with Crippen molar-refractivity contribution in [3.05, 3.63) is 23.8 Å². The second-order valence-corrected chi connectivity index (χ2v) is 7.29. The van der Waals surface area contributed by atoms with E-state index in [1.54, 1.807) is 19.1 Å². The Balaban J connectivity index is 1.62. The summed E-state index contributed by atoms with van der Waals surface area (Å²) < 4.78 is 0. The van der Waals surface area contributed by atoms with E-state index in [0.29, 0.717) is 50.5 Å². The number of likely N-dealkylation sites (tertiary alicyclic amines) is 1. The van der Waals surface area contributed by atoms with E-state index in [4.69, 9.17) is 0 Å². The van der Waals surface area contributed by atoms with Gasteiger partial charge in [-0.15, -0.1) is 0 Å². The van der Waals surface area contributed by atoms with Crippen LogP contribution in [-0.2, 0) is 9.59 Å². The molecule has 0 aromatic heterocycles. The molecule has 8 heteroatoms. The van der Waals surface area contributed by atoms with Gasteiger partial charge in [-0.25, -0.2) is 4.79 Å². The number of anilines is 2. The van der Waals surface area contributed by atoms with E-state index in [2.05, 4.69) is 10.2 Å². The minimum atomic E-state index is -1.02. The van der Waals surface area contributed by atoms with Crippen LogP contribution in [0.25, 0.3) is 0 Å². The predicted molar refractivity (Wildman–Crippen MR) is 107 cm³/mol. The van der Waals surface area contributed by atoms with E-state index in [1.807, 2.05) is 9.80 Å². The number of benzene rings is 1. The second-order valence-electron chi connectivity index (χ2n) is 7.29. The fraction of sp³-hybridized carbons (Fsp3) is 0.550. The predicted octanol–water partition coefficient (Wildman–Crippen LogP) is 1.48. The number of amides is 2. The number of carboxylic acid groups (broad SMARTS) is 1. The first-order chi connectivity index (χ1) is 13.5. The molecule has 3 rings (SSSR count). The Morgan fingerprint density at radius 3 is 2.32 bits per heavy atom. The standard InChI is InChI=1S/C20H28N4O4/c1-2-18(25)21-15-5-6-17(16(13-15)20(27)28)23-11-9-22(10-12-23)14-19(26)24-7-3-4-8-24/h5-6,13H,2-4,7-12,14H2,1H3,(H,21,25)(H,27,28). The number of aromatic carboxylic acids is 1. The molecule has 2 fully saturated rings. The van der Waals surface area contributed by atoms with E-state index in [9.17, 15) is 19.5 Å². The van der Waals surface area contributed by atoms with Crippen LogP contribution in [0.4, 0.5) is 11.4 Å². The van der Waals surface area contributed by atoms with Gasteiger partial charge in [-0.3, -0.25) is 14.5 Å². The highest BCUT2D eigenvalue weighted by Crippen LogP contribution is 2.26. The highest BCUT2D eigenvalue weighted by Gasteiger charge is 2.25. The lowest BCUT2D eigenvalue weighted by atomic mass is 10.1. The summed E-state index contributed by atoms with van der Waals surface area (Å²) in [6, 6.07) is 4.99. The van der Waals surface area contributed by atoms with Crippen molar-refractivity contribution in [1.29, 1.82) is 0 Å². The maximum atomic E-state index is 12.3. The van der Waals surface area contributed by atoms with Crippen LogP contribution in [-0.4, -0.2) is 78.5 Å². The molecule has 2 N–H and O–H groups in total. The summed E-state index contributed by atoms with van der Waals surface area (Å²) in [5.74, 6) is -0.984. The summed E-state index contributed by atoms with van der Waals surface area (Å²) in [6.45, 7) is 6.66. The zero-order valence-corrected chi connectivity index (χ0v) is 16.3. The van der Waals surface area contributed by atoms with Crippen molar-refractivity contribution in [1.82, 2.24) is 9.80 Å². The Morgan fingerprint density at radius 1 is 1.04 bits per heavy atom. The quantitative estimate of drug-likeness (QED) is 0.767. The highest BCUT2D eigenvalue weighted by atomic mass is 16.4. The van der Waals surface area contributed by atoms with Gasteiger partial charge in [0.2, 0.25) is 11.8 Å². The lowest BCUT2D eigenvalue weighted by molar-refractivity contribution is -0.131. The van der Waals surface area contributed by atoms with Crippen molar-refractivity contribution < 1.29 is 19.5 Å². The van der Waals surface area contributed by atoms with E-state index in [-0.39, 0.29) is 17.4 Å². The molecule has 0 saturated carbocycles. The summed E-state index contributed by atoms with van der Waals surface area (Å²) in [5, 5.41) is 12.3. The summed E-state index contributed by atoms with van der Waals surface area (Å²) in [5.41, 5.74) is 1.31. The molecule has 0 unspecified atom stereocenters. The van der Waals surface area contributed by atoms with E-state index >= 15 is 0 Å². The molecule has 2 amide bonds. The van der Waals surface area contributed by atoms with Crippen molar-refractivity contribution >= 4 is 29.2 Å². The first-order valence-corrected chi connectivity index (χ1v) is 9.90. The van der Waals surface area contributed by atoms with E-state index in [0.717, 1.165) is 25.9 Å². The van der Waals surface area contributed by atoms with Crippen LogP contribution < -0.4 is 10.2 Å². The molecule has 2 aliphatic heterocycles. The van der Waals surface area contributed by atoms with Crippen LogP contribution in [0.3, 0.4) is 0 Å². The molecular formula is C20H28N4O4. The molecule has 152 valence electrons. The third-order valence-electron chi connectivity index (χ3n) is 5.36. The van der Waals surface area contributed by atoms with Gasteiger partial charge >= 0.3 is 5.97 Å². The molecule has 0 radical (unpaired) electrons. The molecule has 2 heterocycles. The number of nitrogens with zero attached hydrogens (tertiary/aromatic N) is 3. The van der Waals surface area contributed by atoms with Gasteiger partial charge in [0.05, 0.1) is 17.8 Å². The van der Waals surface area contributed by atoms with Gasteiger partial charge in [0.1, 0.15) is 0 Å². The number of hydrogen-bond donors (Lipinski definition) is 2. The van der Waals surface area contributed by atoms with Gasteiger partial charge < -0.3 is 20.2 Å². The number of piperazine rings is 1. The average Bonchev–Trinajstić information content (AvgIpc) is 3.23. The molecule has 8 nitrogen and oxygen atoms in total. The van der Waals surface area contributed by atoms with Crippen molar-refractivity contribution in [2.45, 2.75) is 26.2 Å². The van der Waals surface area contributed by atoms with Crippen LogP contribution in [0.2, 0.25) is 0 Å². The molecule has 2 saturated heterocycles. The molecule has 1 aromatic rings. The fourth-order valence-electron chi connectivity index (χ4n) is 3.71. The first-order valence-electron chi connectivity index (χ1n) is 9.90. The summed E-state index contributed by atoms with van der Waals surface area (Å²) in [6.07, 6.45) is 2.51. The molecule has 0 bridgehead atoms. The second kappa shape index (κ2) is 9.05.